The summed E-state index contributed by atoms with van der Waals surface area (Å²) >= 11 is 0. The number of nitrogens with zero attached hydrogens (tertiary/aromatic N) is 1. The van der Waals surface area contributed by atoms with Gasteiger partial charge in [0.25, 0.3) is 0 Å². The fraction of sp³-hybridized carbons (Fsp3) is 0.172. The molecule has 156 valence electrons. The Morgan fingerprint density at radius 2 is 1.12 bits per heavy atom. The van der Waals surface area contributed by atoms with Crippen LogP contribution in [0.1, 0.15) is 16.7 Å². The van der Waals surface area contributed by atoms with Gasteiger partial charge in [0.05, 0.1) is 17.5 Å². The lowest BCUT2D eigenvalue weighted by Gasteiger charge is -2.22. The van der Waals surface area contributed by atoms with Crippen molar-refractivity contribution in [3.05, 3.63) is 119 Å². The van der Waals surface area contributed by atoms with Crippen LogP contribution in [0.25, 0.3) is 5.57 Å². The van der Waals surface area contributed by atoms with E-state index in [1.54, 1.807) is 0 Å². The predicted molar refractivity (Wildman–Crippen MR) is 126 cm³/mol. The van der Waals surface area contributed by atoms with Crippen LogP contribution in [0.2, 0.25) is 0 Å². The number of amides is 2. The predicted octanol–water partition coefficient (Wildman–Crippen LogP) is 5.42. The first-order chi connectivity index (χ1) is 15.7. The van der Waals surface area contributed by atoms with Gasteiger partial charge >= 0.3 is 0 Å². The van der Waals surface area contributed by atoms with Crippen LogP contribution in [0.5, 0.6) is 0 Å². The van der Waals surface area contributed by atoms with E-state index in [1.165, 1.54) is 10.5 Å². The lowest BCUT2D eigenvalue weighted by molar-refractivity contribution is -0.122. The number of hydrogen-bond acceptors (Lipinski definition) is 2. The normalized spacial score (nSPS) is 25.5. The smallest absolute Gasteiger partial charge is 0.238 e. The van der Waals surface area contributed by atoms with E-state index in [2.05, 4.69) is 36.4 Å². The molecule has 32 heavy (non-hydrogen) atoms. The van der Waals surface area contributed by atoms with E-state index in [-0.39, 0.29) is 35.5 Å². The van der Waals surface area contributed by atoms with E-state index in [4.69, 9.17) is 0 Å². The molecule has 1 heterocycles. The van der Waals surface area contributed by atoms with Gasteiger partial charge < -0.3 is 0 Å². The van der Waals surface area contributed by atoms with Gasteiger partial charge in [0.2, 0.25) is 11.8 Å². The van der Waals surface area contributed by atoms with E-state index in [9.17, 15) is 9.59 Å². The molecule has 1 saturated carbocycles. The van der Waals surface area contributed by atoms with Gasteiger partial charge in [-0.25, -0.2) is 4.90 Å². The number of rotatable bonds is 3. The fourth-order valence-electron chi connectivity index (χ4n) is 5.86. The molecule has 3 aromatic rings. The first kappa shape index (κ1) is 19.0. The van der Waals surface area contributed by atoms with E-state index < -0.39 is 0 Å². The molecule has 3 aromatic carbocycles. The molecule has 2 aliphatic carbocycles. The fourth-order valence-corrected chi connectivity index (χ4v) is 5.86. The molecule has 6 rings (SSSR count). The standard InChI is InChI=1S/C29H23NO2/c1-18-10-8-9-15-23(18)30-28(31)26-21-16-17-22(27(26)29(30)32)25(21)24(19-11-4-2-5-12-19)20-13-6-3-7-14-20/h2-17,21-22,26-27H,1H3/t21-,22-,26+,27+/m1/s1. The highest BCUT2D eigenvalue weighted by Gasteiger charge is 2.62. The monoisotopic (exact) mass is 417 g/mol. The minimum Gasteiger partial charge on any atom is -0.274 e. The van der Waals surface area contributed by atoms with Crippen LogP contribution >= 0.6 is 0 Å². The zero-order valence-electron chi connectivity index (χ0n) is 17.8. The van der Waals surface area contributed by atoms with Crippen LogP contribution < -0.4 is 4.90 Å². The summed E-state index contributed by atoms with van der Waals surface area (Å²) in [6.45, 7) is 1.95. The Balaban J connectivity index is 1.50. The summed E-state index contributed by atoms with van der Waals surface area (Å²) in [7, 11) is 0. The number of carbonyl (C=O) groups excluding carboxylic acids is 2. The van der Waals surface area contributed by atoms with Crippen LogP contribution in [-0.2, 0) is 9.59 Å². The van der Waals surface area contributed by atoms with E-state index in [1.807, 2.05) is 67.6 Å². The Morgan fingerprint density at radius 3 is 1.62 bits per heavy atom. The number of carbonyl (C=O) groups is 2. The van der Waals surface area contributed by atoms with Gasteiger partial charge in [-0.1, -0.05) is 91.0 Å². The quantitative estimate of drug-likeness (QED) is 0.422. The molecule has 1 aliphatic heterocycles. The molecule has 0 N–H and O–H groups in total. The van der Waals surface area contributed by atoms with Gasteiger partial charge in [-0.3, -0.25) is 9.59 Å². The maximum Gasteiger partial charge on any atom is 0.238 e. The molecule has 4 atom stereocenters. The average Bonchev–Trinajstić information content (AvgIpc) is 3.46. The van der Waals surface area contributed by atoms with Gasteiger partial charge in [0.1, 0.15) is 0 Å². The zero-order chi connectivity index (χ0) is 21.8. The number of fused-ring (bicyclic) bond motifs is 5. The lowest BCUT2D eigenvalue weighted by Crippen LogP contribution is -2.33. The summed E-state index contributed by atoms with van der Waals surface area (Å²) in [5, 5.41) is 0. The molecule has 2 bridgehead atoms. The molecule has 0 unspecified atom stereocenters. The van der Waals surface area contributed by atoms with Gasteiger partial charge in [-0.2, -0.15) is 0 Å². The van der Waals surface area contributed by atoms with Crippen molar-refractivity contribution < 1.29 is 9.59 Å². The molecular formula is C29H23NO2. The van der Waals surface area contributed by atoms with Crippen molar-refractivity contribution in [3.63, 3.8) is 0 Å². The molecule has 1 saturated heterocycles. The lowest BCUT2D eigenvalue weighted by atomic mass is 9.85. The third-order valence-corrected chi connectivity index (χ3v) is 7.19. The molecule has 0 aromatic heterocycles. The summed E-state index contributed by atoms with van der Waals surface area (Å²) in [5.74, 6) is -0.880. The molecular weight excluding hydrogens is 394 g/mol. The first-order valence-electron chi connectivity index (χ1n) is 11.1. The molecule has 3 nitrogen and oxygen atoms in total. The molecule has 2 fully saturated rings. The molecule has 3 heteroatoms. The maximum absolute atomic E-state index is 13.6. The van der Waals surface area contributed by atoms with Crippen LogP contribution in [0.4, 0.5) is 5.69 Å². The van der Waals surface area contributed by atoms with Crippen molar-refractivity contribution in [2.75, 3.05) is 4.90 Å². The van der Waals surface area contributed by atoms with Gasteiger partial charge in [-0.05, 0) is 40.8 Å². The van der Waals surface area contributed by atoms with Crippen molar-refractivity contribution in [1.82, 2.24) is 0 Å². The van der Waals surface area contributed by atoms with Gasteiger partial charge in [0, 0.05) is 11.8 Å². The molecule has 3 aliphatic rings. The number of para-hydroxylation sites is 1. The minimum atomic E-state index is -0.325. The Labute approximate surface area is 187 Å². The summed E-state index contributed by atoms with van der Waals surface area (Å²) in [6, 6.07) is 28.3. The number of aryl methyl sites for hydroxylation is 1. The maximum atomic E-state index is 13.6. The highest BCUT2D eigenvalue weighted by molar-refractivity contribution is 6.23. The van der Waals surface area contributed by atoms with Crippen molar-refractivity contribution in [2.24, 2.45) is 23.7 Å². The minimum absolute atomic E-state index is 0.0501. The van der Waals surface area contributed by atoms with Crippen molar-refractivity contribution >= 4 is 23.1 Å². The largest absolute Gasteiger partial charge is 0.274 e. The third-order valence-electron chi connectivity index (χ3n) is 7.19. The SMILES string of the molecule is Cc1ccccc1N1C(=O)[C@@H]2[C@@H](C1=O)[C@@H]1C=C[C@@H]2C1=C(c1ccccc1)c1ccccc1. The first-order valence-corrected chi connectivity index (χ1v) is 11.1. The van der Waals surface area contributed by atoms with Crippen LogP contribution in [0, 0.1) is 30.6 Å². The Kier molecular flexibility index (Phi) is 4.25. The summed E-state index contributed by atoms with van der Waals surface area (Å²) < 4.78 is 0. The number of benzene rings is 3. The third kappa shape index (κ3) is 2.61. The Morgan fingerprint density at radius 1 is 0.656 bits per heavy atom. The average molecular weight is 418 g/mol. The number of hydrogen-bond donors (Lipinski definition) is 0. The topological polar surface area (TPSA) is 37.4 Å². The summed E-state index contributed by atoms with van der Waals surface area (Å²) in [6.07, 6.45) is 4.30. The van der Waals surface area contributed by atoms with Crippen LogP contribution in [0.15, 0.2) is 103 Å². The summed E-state index contributed by atoms with van der Waals surface area (Å²) in [4.78, 5) is 28.7. The zero-order valence-corrected chi connectivity index (χ0v) is 17.8. The van der Waals surface area contributed by atoms with Crippen molar-refractivity contribution in [2.45, 2.75) is 6.92 Å². The molecule has 0 radical (unpaired) electrons. The number of imide groups is 1. The van der Waals surface area contributed by atoms with E-state index in [0.29, 0.717) is 5.69 Å². The van der Waals surface area contributed by atoms with Crippen molar-refractivity contribution in [1.29, 1.82) is 0 Å². The second-order valence-corrected chi connectivity index (χ2v) is 8.85. The second kappa shape index (κ2) is 7.16. The highest BCUT2D eigenvalue weighted by atomic mass is 16.2. The van der Waals surface area contributed by atoms with Crippen LogP contribution in [0.3, 0.4) is 0 Å². The molecule has 2 amide bonds. The highest BCUT2D eigenvalue weighted by Crippen LogP contribution is 2.59. The van der Waals surface area contributed by atoms with E-state index >= 15 is 0 Å². The van der Waals surface area contributed by atoms with Crippen LogP contribution in [-0.4, -0.2) is 11.8 Å². The van der Waals surface area contributed by atoms with E-state index in [0.717, 1.165) is 22.3 Å². The Bertz CT molecular complexity index is 1210. The number of anilines is 1. The Hall–Kier alpha value is -3.72. The van der Waals surface area contributed by atoms with Gasteiger partial charge in [-0.15, -0.1) is 0 Å². The second-order valence-electron chi connectivity index (χ2n) is 8.85. The number of allylic oxidation sites excluding steroid dienone is 3. The van der Waals surface area contributed by atoms with Crippen molar-refractivity contribution in [3.8, 4) is 0 Å². The van der Waals surface area contributed by atoms with Gasteiger partial charge in [0.15, 0.2) is 0 Å². The summed E-state index contributed by atoms with van der Waals surface area (Å²) in [5.41, 5.74) is 6.28. The molecule has 0 spiro atoms.